The molecule has 0 saturated carbocycles. The molecule has 1 spiro atoms. The van der Waals surface area contributed by atoms with Crippen molar-refractivity contribution >= 4 is 17.6 Å². The van der Waals surface area contributed by atoms with Crippen LogP contribution in [0.1, 0.15) is 19.3 Å². The maximum absolute atomic E-state index is 11.6. The van der Waals surface area contributed by atoms with Crippen LogP contribution in [-0.4, -0.2) is 47.3 Å². The van der Waals surface area contributed by atoms with Gasteiger partial charge in [-0.1, -0.05) is 5.16 Å². The molecule has 3 rings (SSSR count). The highest BCUT2D eigenvalue weighted by Gasteiger charge is 2.44. The fraction of sp³-hybridized carbons (Fsp3) is 0.538. The summed E-state index contributed by atoms with van der Waals surface area (Å²) in [4.78, 5) is 27.9. The van der Waals surface area contributed by atoms with E-state index in [1.807, 2.05) is 0 Å². The number of nitrogens with zero attached hydrogens (tertiary/aromatic N) is 4. The fourth-order valence-electron chi connectivity index (χ4n) is 2.73. The van der Waals surface area contributed by atoms with Crippen LogP contribution in [0.3, 0.4) is 0 Å². The van der Waals surface area contributed by atoms with Crippen molar-refractivity contribution in [1.82, 2.24) is 15.3 Å². The number of nitrogens with one attached hydrogen (secondary N) is 1. The Kier molecular flexibility index (Phi) is 3.25. The molecule has 2 aliphatic heterocycles. The maximum Gasteiger partial charge on any atom is 0.268 e. The van der Waals surface area contributed by atoms with Crippen molar-refractivity contribution < 1.29 is 9.63 Å². The van der Waals surface area contributed by atoms with E-state index in [1.54, 1.807) is 25.5 Å². The highest BCUT2D eigenvalue weighted by Crippen LogP contribution is 2.34. The van der Waals surface area contributed by atoms with E-state index < -0.39 is 5.60 Å². The first-order valence-corrected chi connectivity index (χ1v) is 6.71. The second kappa shape index (κ2) is 5.07. The summed E-state index contributed by atoms with van der Waals surface area (Å²) in [5.74, 6) is 0.526. The Morgan fingerprint density at radius 3 is 3.00 bits per heavy atom. The maximum atomic E-state index is 11.6. The Morgan fingerprint density at radius 1 is 1.45 bits per heavy atom. The number of aromatic nitrogens is 2. The number of carbonyl (C=O) groups is 1. The van der Waals surface area contributed by atoms with Crippen molar-refractivity contribution in [3.8, 4) is 0 Å². The normalized spacial score (nSPS) is 25.2. The van der Waals surface area contributed by atoms with Gasteiger partial charge in [-0.15, -0.1) is 0 Å². The largest absolute Gasteiger partial charge is 0.386 e. The van der Waals surface area contributed by atoms with Crippen molar-refractivity contribution in [2.24, 2.45) is 5.16 Å². The van der Waals surface area contributed by atoms with Crippen molar-refractivity contribution in [2.75, 3.05) is 25.0 Å². The number of hydrogen-bond acceptors (Lipinski definition) is 6. The quantitative estimate of drug-likeness (QED) is 0.842. The first kappa shape index (κ1) is 12.8. The van der Waals surface area contributed by atoms with Crippen LogP contribution in [-0.2, 0) is 9.63 Å². The molecule has 20 heavy (non-hydrogen) atoms. The van der Waals surface area contributed by atoms with Gasteiger partial charge in [0, 0.05) is 32.4 Å². The van der Waals surface area contributed by atoms with E-state index >= 15 is 0 Å². The molecule has 1 aromatic rings. The van der Waals surface area contributed by atoms with E-state index in [0.29, 0.717) is 24.6 Å². The number of rotatable bonds is 2. The third-order valence-corrected chi connectivity index (χ3v) is 3.70. The smallest absolute Gasteiger partial charge is 0.268 e. The van der Waals surface area contributed by atoms with Crippen LogP contribution in [0, 0.1) is 0 Å². The van der Waals surface area contributed by atoms with E-state index in [2.05, 4.69) is 25.3 Å². The van der Waals surface area contributed by atoms with Gasteiger partial charge in [-0.2, -0.15) is 0 Å². The number of anilines is 1. The summed E-state index contributed by atoms with van der Waals surface area (Å²) >= 11 is 0. The molecule has 7 nitrogen and oxygen atoms in total. The molecule has 1 amide bonds. The van der Waals surface area contributed by atoms with Gasteiger partial charge < -0.3 is 15.1 Å². The molecule has 1 atom stereocenters. The predicted molar refractivity (Wildman–Crippen MR) is 73.4 cm³/mol. The molecule has 3 heterocycles. The zero-order valence-electron chi connectivity index (χ0n) is 11.4. The molecular weight excluding hydrogens is 258 g/mol. The zero-order valence-corrected chi connectivity index (χ0v) is 11.4. The lowest BCUT2D eigenvalue weighted by atomic mass is 9.88. The average molecular weight is 275 g/mol. The van der Waals surface area contributed by atoms with Crippen LogP contribution in [0.5, 0.6) is 0 Å². The van der Waals surface area contributed by atoms with Crippen molar-refractivity contribution in [2.45, 2.75) is 24.9 Å². The number of amides is 1. The summed E-state index contributed by atoms with van der Waals surface area (Å²) in [5, 5.41) is 6.53. The second-order valence-corrected chi connectivity index (χ2v) is 5.14. The van der Waals surface area contributed by atoms with Crippen LogP contribution in [0.4, 0.5) is 5.95 Å². The van der Waals surface area contributed by atoms with Gasteiger partial charge in [0.05, 0.1) is 6.54 Å². The summed E-state index contributed by atoms with van der Waals surface area (Å²) in [6.45, 7) is 1.55. The lowest BCUT2D eigenvalue weighted by molar-refractivity contribution is -0.114. The minimum Gasteiger partial charge on any atom is -0.386 e. The zero-order chi connectivity index (χ0) is 14.0. The molecular formula is C13H17N5O2. The monoisotopic (exact) mass is 275 g/mol. The van der Waals surface area contributed by atoms with Gasteiger partial charge in [0.1, 0.15) is 5.71 Å². The molecule has 0 unspecified atom stereocenters. The minimum absolute atomic E-state index is 0.171. The Morgan fingerprint density at radius 2 is 2.25 bits per heavy atom. The molecule has 0 bridgehead atoms. The lowest BCUT2D eigenvalue weighted by Gasteiger charge is -2.38. The molecule has 2 aliphatic rings. The molecule has 1 aromatic heterocycles. The minimum atomic E-state index is -0.417. The Bertz CT molecular complexity index is 533. The first-order chi connectivity index (χ1) is 9.72. The summed E-state index contributed by atoms with van der Waals surface area (Å²) in [5.41, 5.74) is 0.0441. The van der Waals surface area contributed by atoms with Gasteiger partial charge in [0.15, 0.2) is 5.60 Å². The SMILES string of the molecule is CNC(=O)C1=NO[C@]2(CCCN(c3ncccn3)C2)C1. The van der Waals surface area contributed by atoms with Crippen molar-refractivity contribution in [3.05, 3.63) is 18.5 Å². The molecule has 7 heteroatoms. The second-order valence-electron chi connectivity index (χ2n) is 5.14. The molecule has 106 valence electrons. The molecule has 0 radical (unpaired) electrons. The number of carbonyl (C=O) groups excluding carboxylic acids is 1. The van der Waals surface area contributed by atoms with Gasteiger partial charge in [0.25, 0.3) is 5.91 Å². The third-order valence-electron chi connectivity index (χ3n) is 3.70. The summed E-state index contributed by atoms with van der Waals surface area (Å²) in [6, 6.07) is 1.79. The Hall–Kier alpha value is -2.18. The molecule has 1 N–H and O–H groups in total. The standard InChI is InChI=1S/C13H17N5O2/c1-14-11(19)10-8-13(20-17-10)4-2-7-18(9-13)12-15-5-3-6-16-12/h3,5-6H,2,4,7-9H2,1H3,(H,14,19)/t13-/m1/s1. The highest BCUT2D eigenvalue weighted by atomic mass is 16.7. The van der Waals surface area contributed by atoms with Gasteiger partial charge in [-0.05, 0) is 18.9 Å². The van der Waals surface area contributed by atoms with Crippen molar-refractivity contribution in [3.63, 3.8) is 0 Å². The fourth-order valence-corrected chi connectivity index (χ4v) is 2.73. The van der Waals surface area contributed by atoms with E-state index in [1.165, 1.54) is 0 Å². The summed E-state index contributed by atoms with van der Waals surface area (Å²) < 4.78 is 0. The number of hydrogen-bond donors (Lipinski definition) is 1. The van der Waals surface area contributed by atoms with E-state index in [0.717, 1.165) is 19.4 Å². The Balaban J connectivity index is 1.72. The lowest BCUT2D eigenvalue weighted by Crippen LogP contribution is -2.49. The van der Waals surface area contributed by atoms with Crippen LogP contribution in [0.25, 0.3) is 0 Å². The molecule has 0 aliphatic carbocycles. The van der Waals surface area contributed by atoms with E-state index in [-0.39, 0.29) is 5.91 Å². The Labute approximate surface area is 117 Å². The van der Waals surface area contributed by atoms with Crippen LogP contribution >= 0.6 is 0 Å². The van der Waals surface area contributed by atoms with Crippen LogP contribution in [0.15, 0.2) is 23.6 Å². The van der Waals surface area contributed by atoms with Gasteiger partial charge >= 0.3 is 0 Å². The summed E-state index contributed by atoms with van der Waals surface area (Å²) in [7, 11) is 1.60. The van der Waals surface area contributed by atoms with Gasteiger partial charge in [-0.3, -0.25) is 4.79 Å². The van der Waals surface area contributed by atoms with Crippen LogP contribution in [0.2, 0.25) is 0 Å². The highest BCUT2D eigenvalue weighted by molar-refractivity contribution is 6.39. The molecule has 1 fully saturated rings. The number of oxime groups is 1. The van der Waals surface area contributed by atoms with Gasteiger partial charge in [0.2, 0.25) is 5.95 Å². The predicted octanol–water partition coefficient (Wildman–Crippen LogP) is 0.338. The average Bonchev–Trinajstić information content (AvgIpc) is 2.91. The number of piperidine rings is 1. The van der Waals surface area contributed by atoms with Crippen LogP contribution < -0.4 is 10.2 Å². The topological polar surface area (TPSA) is 79.7 Å². The first-order valence-electron chi connectivity index (χ1n) is 6.71. The van der Waals surface area contributed by atoms with E-state index in [4.69, 9.17) is 4.84 Å². The van der Waals surface area contributed by atoms with E-state index in [9.17, 15) is 4.79 Å². The van der Waals surface area contributed by atoms with Crippen molar-refractivity contribution in [1.29, 1.82) is 0 Å². The third kappa shape index (κ3) is 2.31. The molecule has 0 aromatic carbocycles. The van der Waals surface area contributed by atoms with Gasteiger partial charge in [-0.25, -0.2) is 9.97 Å². The summed E-state index contributed by atoms with van der Waals surface area (Å²) in [6.07, 6.45) is 5.85. The molecule has 1 saturated heterocycles.